The van der Waals surface area contributed by atoms with Crippen molar-refractivity contribution in [1.82, 2.24) is 9.13 Å². The first-order chi connectivity index (χ1) is 19.7. The van der Waals surface area contributed by atoms with Gasteiger partial charge in [0.2, 0.25) is 5.62 Å². The van der Waals surface area contributed by atoms with Crippen molar-refractivity contribution in [3.8, 4) is 0 Å². The molecule has 1 fully saturated rings. The highest BCUT2D eigenvalue weighted by atomic mass is 28.3. The average Bonchev–Trinajstić information content (AvgIpc) is 3.17. The van der Waals surface area contributed by atoms with Crippen LogP contribution in [-0.4, -0.2) is 60.6 Å². The lowest BCUT2D eigenvalue weighted by Crippen LogP contribution is -2.46. The summed E-state index contributed by atoms with van der Waals surface area (Å²) in [5, 5.41) is 10.9. The molecule has 0 saturated carbocycles. The Balaban J connectivity index is 1.84. The second-order valence-electron chi connectivity index (χ2n) is 11.6. The first-order valence-electron chi connectivity index (χ1n) is 13.7. The molecule has 0 spiro atoms. The minimum Gasteiger partial charge on any atom is -0.466 e. The van der Waals surface area contributed by atoms with Gasteiger partial charge in [0.1, 0.15) is 12.3 Å². The zero-order chi connectivity index (χ0) is 30.7. The number of alkyl halides is 3. The Labute approximate surface area is 242 Å². The van der Waals surface area contributed by atoms with Gasteiger partial charge in [-0.1, -0.05) is 31.8 Å². The van der Waals surface area contributed by atoms with E-state index in [0.29, 0.717) is 29.6 Å². The van der Waals surface area contributed by atoms with Crippen LogP contribution >= 0.6 is 0 Å². The number of ether oxygens (including phenoxy) is 3. The number of fused-ring (bicyclic) bond motifs is 1. The maximum atomic E-state index is 13.4. The van der Waals surface area contributed by atoms with Gasteiger partial charge in [0.05, 0.1) is 36.4 Å². The highest BCUT2D eigenvalue weighted by molar-refractivity contribution is 6.76. The van der Waals surface area contributed by atoms with E-state index in [1.165, 1.54) is 19.1 Å². The van der Waals surface area contributed by atoms with Crippen molar-refractivity contribution in [2.24, 2.45) is 4.99 Å². The fraction of sp³-hybridized carbons (Fsp3) is 0.483. The summed E-state index contributed by atoms with van der Waals surface area (Å²) in [5.41, 5.74) is -0.267. The number of carbonyl (C=O) groups excluding carboxylic acids is 2. The monoisotopic (exact) mass is 607 g/mol. The number of imidazole rings is 1. The molecule has 1 saturated heterocycles. The smallest absolute Gasteiger partial charge is 0.416 e. The Kier molecular flexibility index (Phi) is 9.45. The second-order valence-corrected chi connectivity index (χ2v) is 17.3. The van der Waals surface area contributed by atoms with Crippen LogP contribution in [0, 0.1) is 0 Å². The number of aliphatic hydroxyl groups is 1. The van der Waals surface area contributed by atoms with Crippen LogP contribution in [0.5, 0.6) is 0 Å². The van der Waals surface area contributed by atoms with Crippen molar-refractivity contribution in [2.45, 2.75) is 64.1 Å². The van der Waals surface area contributed by atoms with Crippen LogP contribution in [-0.2, 0) is 44.1 Å². The number of hydrogen-bond acceptors (Lipinski definition) is 6. The summed E-state index contributed by atoms with van der Waals surface area (Å²) >= 11 is 0. The van der Waals surface area contributed by atoms with E-state index in [-0.39, 0.29) is 44.3 Å². The van der Waals surface area contributed by atoms with E-state index in [4.69, 9.17) is 14.2 Å². The number of aromatic nitrogens is 2. The second kappa shape index (κ2) is 12.5. The average molecular weight is 608 g/mol. The lowest BCUT2D eigenvalue weighted by Gasteiger charge is -2.36. The van der Waals surface area contributed by atoms with E-state index in [0.717, 1.165) is 18.2 Å². The van der Waals surface area contributed by atoms with Gasteiger partial charge in [-0.15, -0.1) is 0 Å². The van der Waals surface area contributed by atoms with Crippen molar-refractivity contribution >= 4 is 31.0 Å². The van der Waals surface area contributed by atoms with Gasteiger partial charge in [-0.2, -0.15) is 18.2 Å². The molecule has 1 aliphatic heterocycles. The summed E-state index contributed by atoms with van der Waals surface area (Å²) < 4.78 is 59.8. The number of carbonyl (C=O) groups is 2. The molecule has 228 valence electrons. The maximum absolute atomic E-state index is 13.4. The summed E-state index contributed by atoms with van der Waals surface area (Å²) in [5.74, 6) is -1.28. The summed E-state index contributed by atoms with van der Waals surface area (Å²) in [7, 11) is -1.41. The molecule has 0 atom stereocenters. The van der Waals surface area contributed by atoms with E-state index < -0.39 is 37.3 Å². The van der Waals surface area contributed by atoms with Crippen molar-refractivity contribution in [3.63, 3.8) is 0 Å². The molecule has 9 nitrogen and oxygen atoms in total. The zero-order valence-electron chi connectivity index (χ0n) is 24.2. The number of hydrogen-bond donors (Lipinski definition) is 1. The molecule has 1 amide bonds. The fourth-order valence-corrected chi connectivity index (χ4v) is 5.26. The number of aryl methyl sites for hydroxylation is 1. The number of amides is 1. The highest BCUT2D eigenvalue weighted by Gasteiger charge is 2.38. The van der Waals surface area contributed by atoms with E-state index in [1.54, 1.807) is 27.3 Å². The lowest BCUT2D eigenvalue weighted by molar-refractivity contribution is -0.184. The standard InChI is InChI=1S/C29H36F3N3O6Si/c1-20(36)41-12-6-11-34-24-10-9-22(28(38)17-40-18-28)16-25(24)35(19-39-13-14-42(2,3)4)27(34)33-26(37)21-7-5-8-23(15-21)29(30,31)32/h5,7-10,15-16,38H,6,11-14,17-19H2,1-4H3. The molecule has 0 bridgehead atoms. The minimum atomic E-state index is -4.62. The van der Waals surface area contributed by atoms with Crippen LogP contribution in [0.2, 0.25) is 25.7 Å². The Morgan fingerprint density at radius 2 is 1.81 bits per heavy atom. The Hall–Kier alpha value is -3.26. The van der Waals surface area contributed by atoms with Gasteiger partial charge in [0.25, 0.3) is 5.91 Å². The molecule has 2 heterocycles. The van der Waals surface area contributed by atoms with Gasteiger partial charge in [-0.3, -0.25) is 14.2 Å². The van der Waals surface area contributed by atoms with Crippen molar-refractivity contribution in [1.29, 1.82) is 0 Å². The Bertz CT molecular complexity index is 1520. The van der Waals surface area contributed by atoms with Crippen LogP contribution < -0.4 is 5.62 Å². The molecule has 42 heavy (non-hydrogen) atoms. The molecule has 3 aromatic rings. The first kappa shape index (κ1) is 31.7. The molecule has 1 aromatic heterocycles. The van der Waals surface area contributed by atoms with Crippen LogP contribution in [0.4, 0.5) is 13.2 Å². The summed E-state index contributed by atoms with van der Waals surface area (Å²) in [4.78, 5) is 28.9. The third kappa shape index (κ3) is 7.57. The number of rotatable bonds is 11. The molecule has 0 radical (unpaired) electrons. The van der Waals surface area contributed by atoms with Crippen LogP contribution in [0.1, 0.15) is 34.8 Å². The van der Waals surface area contributed by atoms with Crippen LogP contribution in [0.3, 0.4) is 0 Å². The van der Waals surface area contributed by atoms with Gasteiger partial charge in [-0.05, 0) is 48.4 Å². The Morgan fingerprint density at radius 3 is 2.43 bits per heavy atom. The molecule has 4 rings (SSSR count). The van der Waals surface area contributed by atoms with Crippen molar-refractivity contribution < 1.29 is 42.1 Å². The predicted octanol–water partition coefficient (Wildman–Crippen LogP) is 4.69. The van der Waals surface area contributed by atoms with Gasteiger partial charge >= 0.3 is 12.1 Å². The largest absolute Gasteiger partial charge is 0.466 e. The predicted molar refractivity (Wildman–Crippen MR) is 151 cm³/mol. The van der Waals surface area contributed by atoms with E-state index in [1.807, 2.05) is 0 Å². The van der Waals surface area contributed by atoms with Crippen molar-refractivity contribution in [2.75, 3.05) is 26.4 Å². The molecule has 0 aliphatic carbocycles. The lowest BCUT2D eigenvalue weighted by atomic mass is 9.92. The van der Waals surface area contributed by atoms with E-state index in [2.05, 4.69) is 24.6 Å². The third-order valence-electron chi connectivity index (χ3n) is 6.95. The molecular weight excluding hydrogens is 571 g/mol. The van der Waals surface area contributed by atoms with E-state index >= 15 is 0 Å². The number of benzene rings is 2. The molecular formula is C29H36F3N3O6Si. The van der Waals surface area contributed by atoms with Crippen LogP contribution in [0.15, 0.2) is 47.5 Å². The third-order valence-corrected chi connectivity index (χ3v) is 8.65. The number of esters is 1. The Morgan fingerprint density at radius 1 is 1.07 bits per heavy atom. The highest BCUT2D eigenvalue weighted by Crippen LogP contribution is 2.32. The van der Waals surface area contributed by atoms with Gasteiger partial charge in [-0.25, -0.2) is 0 Å². The molecule has 2 aromatic carbocycles. The van der Waals surface area contributed by atoms with E-state index in [9.17, 15) is 27.9 Å². The topological polar surface area (TPSA) is 104 Å². The number of halogens is 3. The summed E-state index contributed by atoms with van der Waals surface area (Å²) in [6.07, 6.45) is -4.23. The van der Waals surface area contributed by atoms with Gasteiger partial charge in [0.15, 0.2) is 0 Å². The van der Waals surface area contributed by atoms with Gasteiger partial charge in [0, 0.05) is 33.7 Å². The maximum Gasteiger partial charge on any atom is 0.416 e. The minimum absolute atomic E-state index is 0.0189. The normalized spacial score (nSPS) is 15.6. The molecule has 1 aliphatic rings. The van der Waals surface area contributed by atoms with Crippen LogP contribution in [0.25, 0.3) is 11.0 Å². The van der Waals surface area contributed by atoms with Gasteiger partial charge < -0.3 is 23.9 Å². The number of nitrogens with zero attached hydrogens (tertiary/aromatic N) is 3. The first-order valence-corrected chi connectivity index (χ1v) is 17.4. The molecule has 1 N–H and O–H groups in total. The summed E-state index contributed by atoms with van der Waals surface area (Å²) in [6.45, 7) is 9.15. The summed E-state index contributed by atoms with van der Waals surface area (Å²) in [6, 6.07) is 10.4. The SMILES string of the molecule is CC(=O)OCCCn1c(=NC(=O)c2cccc(C(F)(F)F)c2)n(COCC[Si](C)(C)C)c2cc(C3(O)COC3)ccc21. The zero-order valence-corrected chi connectivity index (χ0v) is 25.2. The van der Waals surface area contributed by atoms with Crippen molar-refractivity contribution in [3.05, 3.63) is 64.8 Å². The fourth-order valence-electron chi connectivity index (χ4n) is 4.51. The molecule has 13 heteroatoms. The molecule has 0 unspecified atom stereocenters. The quantitative estimate of drug-likeness (QED) is 0.193.